The number of ketones is 5. The Balaban J connectivity index is 1.12. The normalized spacial score (nSPS) is 10.9. The molecule has 0 spiro atoms. The van der Waals surface area contributed by atoms with Crippen molar-refractivity contribution < 1.29 is 24.0 Å². The van der Waals surface area contributed by atoms with Crippen LogP contribution in [0.5, 0.6) is 0 Å². The van der Waals surface area contributed by atoms with Crippen molar-refractivity contribution in [3.05, 3.63) is 298 Å². The summed E-state index contributed by atoms with van der Waals surface area (Å²) in [6.45, 7) is 0. The Labute approximate surface area is 404 Å². The molecule has 332 valence electrons. The highest BCUT2D eigenvalue weighted by molar-refractivity contribution is 6.13. The molecule has 70 heavy (non-hydrogen) atoms. The topological polar surface area (TPSA) is 111 Å². The van der Waals surface area contributed by atoms with Gasteiger partial charge in [0.05, 0.1) is 22.8 Å². The molecule has 0 saturated carbocycles. The van der Waals surface area contributed by atoms with E-state index in [0.29, 0.717) is 89.5 Å². The number of hydrogen-bond donors (Lipinski definition) is 0. The molecule has 10 aromatic rings. The Morgan fingerprint density at radius 1 is 0.200 bits per heavy atom. The maximum Gasteiger partial charge on any atom is 0.193 e. The molecule has 0 fully saturated rings. The first-order chi connectivity index (χ1) is 34.3. The maximum atomic E-state index is 15.3. The van der Waals surface area contributed by atoms with Crippen LogP contribution < -0.4 is 0 Å². The van der Waals surface area contributed by atoms with Crippen molar-refractivity contribution in [1.29, 1.82) is 0 Å². The molecular weight excluding hydrogens is 865 g/mol. The van der Waals surface area contributed by atoms with Gasteiger partial charge in [-0.1, -0.05) is 194 Å². The van der Waals surface area contributed by atoms with Gasteiger partial charge >= 0.3 is 0 Å². The molecule has 0 bridgehead atoms. The van der Waals surface area contributed by atoms with E-state index in [1.54, 1.807) is 146 Å². The molecule has 10 rings (SSSR count). The zero-order valence-corrected chi connectivity index (χ0v) is 37.5. The summed E-state index contributed by atoms with van der Waals surface area (Å²) in [7, 11) is 0. The predicted molar refractivity (Wildman–Crippen MR) is 273 cm³/mol. The second-order valence-corrected chi connectivity index (χ2v) is 16.7. The molecule has 0 aliphatic carbocycles. The number of nitrogens with zero attached hydrogens (tertiary/aromatic N) is 2. The number of hydrogen-bond acceptors (Lipinski definition) is 7. The Hall–Kier alpha value is -9.59. The van der Waals surface area contributed by atoms with Crippen LogP contribution in [0.15, 0.2) is 243 Å². The fourth-order valence-electron chi connectivity index (χ4n) is 8.39. The van der Waals surface area contributed by atoms with Gasteiger partial charge in [0.15, 0.2) is 28.9 Å². The monoisotopic (exact) mass is 904 g/mol. The number of aromatic nitrogens is 2. The predicted octanol–water partition coefficient (Wildman–Crippen LogP) is 13.3. The maximum absolute atomic E-state index is 15.3. The van der Waals surface area contributed by atoms with Gasteiger partial charge in [-0.25, -0.2) is 9.97 Å². The second-order valence-electron chi connectivity index (χ2n) is 16.7. The largest absolute Gasteiger partial charge is 0.289 e. The standard InChI is InChI=1S/C63H40N2O5/c66-59(41-17-5-1-6-18-41)49-29-13-25-45(33-49)55-37-53(38-56(64-55)46-26-14-30-50(34-46)60(67)42-19-7-2-8-20-42)63(70)54-39-57(47-27-15-31-51(35-47)61(68)43-21-9-3-10-22-43)65-58(40-54)48-28-16-32-52(36-48)62(69)44-23-11-4-12-24-44/h1-40H. The van der Waals surface area contributed by atoms with Crippen LogP contribution in [0.3, 0.4) is 0 Å². The van der Waals surface area contributed by atoms with E-state index >= 15 is 4.79 Å². The Kier molecular flexibility index (Phi) is 12.5. The highest BCUT2D eigenvalue weighted by Gasteiger charge is 2.21. The first-order valence-corrected chi connectivity index (χ1v) is 22.7. The zero-order chi connectivity index (χ0) is 48.0. The van der Waals surface area contributed by atoms with E-state index in [2.05, 4.69) is 0 Å². The zero-order valence-electron chi connectivity index (χ0n) is 37.5. The van der Waals surface area contributed by atoms with E-state index in [4.69, 9.17) is 9.97 Å². The van der Waals surface area contributed by atoms with Crippen LogP contribution in [0.2, 0.25) is 0 Å². The van der Waals surface area contributed by atoms with Crippen LogP contribution in [0.25, 0.3) is 45.0 Å². The molecule has 8 aromatic carbocycles. The third kappa shape index (κ3) is 9.49. The van der Waals surface area contributed by atoms with E-state index in [9.17, 15) is 19.2 Å². The van der Waals surface area contributed by atoms with Gasteiger partial charge < -0.3 is 0 Å². The van der Waals surface area contributed by atoms with E-state index in [-0.39, 0.29) is 40.0 Å². The number of benzene rings is 8. The van der Waals surface area contributed by atoms with Gasteiger partial charge in [0.1, 0.15) is 0 Å². The van der Waals surface area contributed by atoms with Crippen molar-refractivity contribution in [2.75, 3.05) is 0 Å². The lowest BCUT2D eigenvalue weighted by Crippen LogP contribution is -2.07. The van der Waals surface area contributed by atoms with Crippen LogP contribution in [0, 0.1) is 0 Å². The third-order valence-electron chi connectivity index (χ3n) is 12.0. The van der Waals surface area contributed by atoms with Gasteiger partial charge in [-0.2, -0.15) is 0 Å². The fraction of sp³-hybridized carbons (Fsp3) is 0. The van der Waals surface area contributed by atoms with Crippen molar-refractivity contribution in [3.63, 3.8) is 0 Å². The van der Waals surface area contributed by atoms with E-state index in [0.717, 1.165) is 0 Å². The van der Waals surface area contributed by atoms with Gasteiger partial charge in [0, 0.05) is 77.9 Å². The van der Waals surface area contributed by atoms with Gasteiger partial charge in [-0.15, -0.1) is 0 Å². The van der Waals surface area contributed by atoms with Crippen molar-refractivity contribution in [2.45, 2.75) is 0 Å². The molecule has 0 N–H and O–H groups in total. The first kappa shape index (κ1) is 44.3. The summed E-state index contributed by atoms with van der Waals surface area (Å²) in [6.07, 6.45) is 0. The van der Waals surface area contributed by atoms with Gasteiger partial charge in [-0.3, -0.25) is 24.0 Å². The summed E-state index contributed by atoms with van der Waals surface area (Å²) in [6, 6.07) is 71.4. The lowest BCUT2D eigenvalue weighted by Gasteiger charge is -2.13. The Morgan fingerprint density at radius 3 is 0.629 bits per heavy atom. The van der Waals surface area contributed by atoms with Crippen LogP contribution in [0.1, 0.15) is 79.6 Å². The van der Waals surface area contributed by atoms with Crippen molar-refractivity contribution in [3.8, 4) is 45.0 Å². The van der Waals surface area contributed by atoms with Crippen LogP contribution in [-0.4, -0.2) is 38.9 Å². The average molecular weight is 905 g/mol. The van der Waals surface area contributed by atoms with E-state index in [1.807, 2.05) is 97.1 Å². The molecule has 0 saturated heterocycles. The number of pyridine rings is 2. The smallest absolute Gasteiger partial charge is 0.193 e. The van der Waals surface area contributed by atoms with Crippen molar-refractivity contribution in [2.24, 2.45) is 0 Å². The minimum atomic E-state index is -0.365. The van der Waals surface area contributed by atoms with Crippen molar-refractivity contribution in [1.82, 2.24) is 9.97 Å². The summed E-state index contributed by atoms with van der Waals surface area (Å²) in [4.78, 5) is 80.3. The lowest BCUT2D eigenvalue weighted by atomic mass is 9.94. The lowest BCUT2D eigenvalue weighted by molar-refractivity contribution is 0.103. The quantitative estimate of drug-likeness (QED) is 0.0999. The number of carbonyl (C=O) groups excluding carboxylic acids is 5. The molecule has 0 aliphatic rings. The highest BCUT2D eigenvalue weighted by atomic mass is 16.1. The van der Waals surface area contributed by atoms with Gasteiger partial charge in [0.25, 0.3) is 0 Å². The highest BCUT2D eigenvalue weighted by Crippen LogP contribution is 2.32. The number of carbonyl (C=O) groups is 5. The van der Waals surface area contributed by atoms with E-state index in [1.165, 1.54) is 0 Å². The van der Waals surface area contributed by atoms with E-state index < -0.39 is 0 Å². The molecular formula is C63H40N2O5. The Bertz CT molecular complexity index is 3160. The van der Waals surface area contributed by atoms with Crippen molar-refractivity contribution >= 4 is 28.9 Å². The summed E-state index contributed by atoms with van der Waals surface area (Å²) >= 11 is 0. The molecule has 7 nitrogen and oxygen atoms in total. The molecule has 0 amide bonds. The van der Waals surface area contributed by atoms with Gasteiger partial charge in [0.2, 0.25) is 0 Å². The Morgan fingerprint density at radius 2 is 0.400 bits per heavy atom. The molecule has 0 unspecified atom stereocenters. The SMILES string of the molecule is O=C(c1ccccc1)c1cccc(-c2cc(C(=O)c3cc(-c4cccc(C(=O)c5ccccc5)c4)nc(-c4cccc(C(=O)c5ccccc5)c4)c3)cc(-c3cccc(C(=O)c4ccccc4)c3)n2)c1. The number of rotatable bonds is 14. The van der Waals surface area contributed by atoms with Crippen LogP contribution >= 0.6 is 0 Å². The summed E-state index contributed by atoms with van der Waals surface area (Å²) < 4.78 is 0. The molecule has 0 radical (unpaired) electrons. The summed E-state index contributed by atoms with van der Waals surface area (Å²) in [5.41, 5.74) is 8.61. The fourth-order valence-corrected chi connectivity index (χ4v) is 8.39. The molecule has 2 heterocycles. The third-order valence-corrected chi connectivity index (χ3v) is 12.0. The molecule has 2 aromatic heterocycles. The minimum Gasteiger partial charge on any atom is -0.289 e. The second kappa shape index (κ2) is 19.7. The van der Waals surface area contributed by atoms with Crippen LogP contribution in [-0.2, 0) is 0 Å². The summed E-state index contributed by atoms with van der Waals surface area (Å²) in [5, 5.41) is 0. The minimum absolute atomic E-state index is 0.164. The first-order valence-electron chi connectivity index (χ1n) is 22.7. The van der Waals surface area contributed by atoms with Gasteiger partial charge in [-0.05, 0) is 48.5 Å². The van der Waals surface area contributed by atoms with Crippen LogP contribution in [0.4, 0.5) is 0 Å². The average Bonchev–Trinajstić information content (AvgIpc) is 3.45. The molecule has 0 atom stereocenters. The molecule has 0 aliphatic heterocycles. The summed E-state index contributed by atoms with van der Waals surface area (Å²) in [5.74, 6) is -1.02. The molecule has 7 heteroatoms.